The second-order valence-corrected chi connectivity index (χ2v) is 4.17. The molecule has 0 bridgehead atoms. The first-order valence-corrected chi connectivity index (χ1v) is 5.15. The number of nitrogens with two attached hydrogens (primary N) is 1. The van der Waals surface area contributed by atoms with E-state index in [2.05, 4.69) is 15.9 Å². The standard InChI is InChI=1S/C10H14BrNO2/c1-5-3-7(11)10(14)9(6(5)2)8(13)4-12/h3,8,13-14H,4,12H2,1-2H3. The molecule has 0 aliphatic carbocycles. The average molecular weight is 260 g/mol. The molecule has 1 unspecified atom stereocenters. The predicted molar refractivity (Wildman–Crippen MR) is 59.3 cm³/mol. The molecule has 78 valence electrons. The Morgan fingerprint density at radius 3 is 2.57 bits per heavy atom. The van der Waals surface area contributed by atoms with Gasteiger partial charge >= 0.3 is 0 Å². The Bertz CT molecular complexity index is 326. The Labute approximate surface area is 91.7 Å². The highest BCUT2D eigenvalue weighted by Gasteiger charge is 2.17. The molecular formula is C10H14BrNO2. The van der Waals surface area contributed by atoms with Gasteiger partial charge in [0.05, 0.1) is 10.6 Å². The molecule has 14 heavy (non-hydrogen) atoms. The zero-order chi connectivity index (χ0) is 10.9. The van der Waals surface area contributed by atoms with E-state index in [9.17, 15) is 10.2 Å². The van der Waals surface area contributed by atoms with E-state index in [-0.39, 0.29) is 12.3 Å². The normalized spacial score (nSPS) is 12.9. The van der Waals surface area contributed by atoms with Crippen LogP contribution in [-0.4, -0.2) is 16.8 Å². The van der Waals surface area contributed by atoms with Crippen LogP contribution in [0.1, 0.15) is 22.8 Å². The molecule has 0 saturated heterocycles. The fraction of sp³-hybridized carbons (Fsp3) is 0.400. The molecule has 0 heterocycles. The van der Waals surface area contributed by atoms with Crippen molar-refractivity contribution in [2.24, 2.45) is 5.73 Å². The van der Waals surface area contributed by atoms with Crippen molar-refractivity contribution < 1.29 is 10.2 Å². The van der Waals surface area contributed by atoms with Crippen LogP contribution in [0.25, 0.3) is 0 Å². The molecule has 4 heteroatoms. The lowest BCUT2D eigenvalue weighted by Crippen LogP contribution is -2.13. The summed E-state index contributed by atoms with van der Waals surface area (Å²) in [5, 5.41) is 19.4. The Kier molecular flexibility index (Phi) is 3.53. The summed E-state index contributed by atoms with van der Waals surface area (Å²) in [7, 11) is 0. The summed E-state index contributed by atoms with van der Waals surface area (Å²) < 4.78 is 0.586. The van der Waals surface area contributed by atoms with Gasteiger partial charge in [-0.05, 0) is 47.0 Å². The van der Waals surface area contributed by atoms with Crippen molar-refractivity contribution in [3.05, 3.63) is 27.2 Å². The SMILES string of the molecule is Cc1cc(Br)c(O)c(C(O)CN)c1C. The first-order valence-electron chi connectivity index (χ1n) is 4.35. The number of aliphatic hydroxyl groups excluding tert-OH is 1. The summed E-state index contributed by atoms with van der Waals surface area (Å²) in [5.41, 5.74) is 7.77. The van der Waals surface area contributed by atoms with E-state index in [4.69, 9.17) is 5.73 Å². The summed E-state index contributed by atoms with van der Waals surface area (Å²) in [6, 6.07) is 1.82. The highest BCUT2D eigenvalue weighted by atomic mass is 79.9. The van der Waals surface area contributed by atoms with Crippen LogP contribution in [-0.2, 0) is 0 Å². The number of aromatic hydroxyl groups is 1. The topological polar surface area (TPSA) is 66.5 Å². The third kappa shape index (κ3) is 1.92. The molecule has 3 nitrogen and oxygen atoms in total. The van der Waals surface area contributed by atoms with Gasteiger partial charge in [0, 0.05) is 12.1 Å². The quantitative estimate of drug-likeness (QED) is 0.759. The van der Waals surface area contributed by atoms with Crippen molar-refractivity contribution in [2.45, 2.75) is 20.0 Å². The summed E-state index contributed by atoms with van der Waals surface area (Å²) in [6.45, 7) is 3.88. The van der Waals surface area contributed by atoms with Gasteiger partial charge in [-0.25, -0.2) is 0 Å². The van der Waals surface area contributed by atoms with Crippen LogP contribution in [0.15, 0.2) is 10.5 Å². The fourth-order valence-electron chi connectivity index (χ4n) is 1.41. The molecule has 0 radical (unpaired) electrons. The largest absolute Gasteiger partial charge is 0.506 e. The summed E-state index contributed by atoms with van der Waals surface area (Å²) in [6.07, 6.45) is -0.814. The molecule has 1 rings (SSSR count). The average Bonchev–Trinajstić information content (AvgIpc) is 2.15. The summed E-state index contributed by atoms with van der Waals surface area (Å²) in [5.74, 6) is 0.0750. The van der Waals surface area contributed by atoms with Gasteiger partial charge < -0.3 is 15.9 Å². The van der Waals surface area contributed by atoms with Crippen LogP contribution < -0.4 is 5.73 Å². The maximum absolute atomic E-state index is 9.74. The minimum Gasteiger partial charge on any atom is -0.506 e. The molecule has 0 aliphatic heterocycles. The Morgan fingerprint density at radius 2 is 2.07 bits per heavy atom. The minimum atomic E-state index is -0.814. The minimum absolute atomic E-state index is 0.0750. The molecule has 0 aliphatic rings. The van der Waals surface area contributed by atoms with Crippen LogP contribution >= 0.6 is 15.9 Å². The summed E-state index contributed by atoms with van der Waals surface area (Å²) >= 11 is 3.23. The Balaban J connectivity index is 3.39. The lowest BCUT2D eigenvalue weighted by atomic mass is 9.98. The van der Waals surface area contributed by atoms with Crippen LogP contribution in [0.2, 0.25) is 0 Å². The van der Waals surface area contributed by atoms with E-state index in [1.165, 1.54) is 0 Å². The monoisotopic (exact) mass is 259 g/mol. The molecule has 1 aromatic rings. The second-order valence-electron chi connectivity index (χ2n) is 3.31. The van der Waals surface area contributed by atoms with Gasteiger partial charge in [0.15, 0.2) is 0 Å². The number of aliphatic hydroxyl groups is 1. The summed E-state index contributed by atoms with van der Waals surface area (Å²) in [4.78, 5) is 0. The smallest absolute Gasteiger partial charge is 0.135 e. The third-order valence-corrected chi connectivity index (χ3v) is 2.98. The van der Waals surface area contributed by atoms with Gasteiger partial charge in [0.1, 0.15) is 5.75 Å². The van der Waals surface area contributed by atoms with Gasteiger partial charge in [0.2, 0.25) is 0 Å². The van der Waals surface area contributed by atoms with Crippen molar-refractivity contribution in [1.29, 1.82) is 0 Å². The lowest BCUT2D eigenvalue weighted by molar-refractivity contribution is 0.181. The van der Waals surface area contributed by atoms with Gasteiger partial charge in [-0.2, -0.15) is 0 Å². The number of benzene rings is 1. The molecule has 1 atom stereocenters. The molecule has 0 aromatic heterocycles. The maximum Gasteiger partial charge on any atom is 0.135 e. The molecule has 4 N–H and O–H groups in total. The van der Waals surface area contributed by atoms with Crippen molar-refractivity contribution >= 4 is 15.9 Å². The number of rotatable bonds is 2. The van der Waals surface area contributed by atoms with E-state index in [1.54, 1.807) is 0 Å². The predicted octanol–water partition coefficient (Wildman–Crippen LogP) is 1.76. The molecule has 0 saturated carbocycles. The number of aryl methyl sites for hydroxylation is 1. The van der Waals surface area contributed by atoms with Gasteiger partial charge in [-0.3, -0.25) is 0 Å². The van der Waals surface area contributed by atoms with Crippen LogP contribution in [0, 0.1) is 13.8 Å². The molecule has 0 spiro atoms. The van der Waals surface area contributed by atoms with E-state index in [1.807, 2.05) is 19.9 Å². The third-order valence-electron chi connectivity index (χ3n) is 2.38. The molecule has 0 fully saturated rings. The van der Waals surface area contributed by atoms with Gasteiger partial charge in [-0.15, -0.1) is 0 Å². The van der Waals surface area contributed by atoms with E-state index < -0.39 is 6.10 Å². The molecule has 1 aromatic carbocycles. The van der Waals surface area contributed by atoms with Gasteiger partial charge in [0.25, 0.3) is 0 Å². The second kappa shape index (κ2) is 4.29. The first kappa shape index (κ1) is 11.5. The van der Waals surface area contributed by atoms with Crippen molar-refractivity contribution in [3.63, 3.8) is 0 Å². The maximum atomic E-state index is 9.74. The number of hydrogen-bond donors (Lipinski definition) is 3. The zero-order valence-corrected chi connectivity index (χ0v) is 9.80. The first-order chi connectivity index (χ1) is 6.49. The zero-order valence-electron chi connectivity index (χ0n) is 8.21. The van der Waals surface area contributed by atoms with Crippen LogP contribution in [0.4, 0.5) is 0 Å². The Hall–Kier alpha value is -0.580. The van der Waals surface area contributed by atoms with Crippen LogP contribution in [0.5, 0.6) is 5.75 Å². The van der Waals surface area contributed by atoms with E-state index in [0.29, 0.717) is 10.0 Å². The highest BCUT2D eigenvalue weighted by Crippen LogP contribution is 2.36. The molecule has 0 amide bonds. The lowest BCUT2D eigenvalue weighted by Gasteiger charge is -2.16. The Morgan fingerprint density at radius 1 is 1.50 bits per heavy atom. The van der Waals surface area contributed by atoms with Crippen molar-refractivity contribution in [2.75, 3.05) is 6.54 Å². The fourth-order valence-corrected chi connectivity index (χ4v) is 1.97. The van der Waals surface area contributed by atoms with Gasteiger partial charge in [-0.1, -0.05) is 0 Å². The van der Waals surface area contributed by atoms with E-state index >= 15 is 0 Å². The number of phenolic OH excluding ortho intramolecular Hbond substituents is 1. The number of hydrogen-bond acceptors (Lipinski definition) is 3. The van der Waals surface area contributed by atoms with E-state index in [0.717, 1.165) is 11.1 Å². The van der Waals surface area contributed by atoms with Crippen LogP contribution in [0.3, 0.4) is 0 Å². The number of phenols is 1. The van der Waals surface area contributed by atoms with Crippen molar-refractivity contribution in [1.82, 2.24) is 0 Å². The molecular weight excluding hydrogens is 246 g/mol. The number of halogens is 1. The highest BCUT2D eigenvalue weighted by molar-refractivity contribution is 9.10. The van der Waals surface area contributed by atoms with Crippen molar-refractivity contribution in [3.8, 4) is 5.75 Å².